The molecule has 106 valence electrons. The van der Waals surface area contributed by atoms with Crippen molar-refractivity contribution in [3.05, 3.63) is 59.7 Å². The van der Waals surface area contributed by atoms with Crippen molar-refractivity contribution in [2.45, 2.75) is 24.3 Å². The maximum atomic E-state index is 12.0. The van der Waals surface area contributed by atoms with Crippen LogP contribution in [0.3, 0.4) is 0 Å². The van der Waals surface area contributed by atoms with Gasteiger partial charge in [0.25, 0.3) is 0 Å². The van der Waals surface area contributed by atoms with E-state index in [1.165, 1.54) is 22.3 Å². The summed E-state index contributed by atoms with van der Waals surface area (Å²) in [5, 5.41) is 0. The first-order valence-electron chi connectivity index (χ1n) is 7.33. The number of nitrogens with two attached hydrogens (primary N) is 1. The molecule has 0 aromatic heterocycles. The topological polar surface area (TPSA) is 52.3 Å². The van der Waals surface area contributed by atoms with Crippen LogP contribution in [0.2, 0.25) is 0 Å². The Balaban J connectivity index is 1.64. The number of fused-ring (bicyclic) bond motifs is 3. The maximum absolute atomic E-state index is 12.0. The molecule has 2 N–H and O–H groups in total. The summed E-state index contributed by atoms with van der Waals surface area (Å²) < 4.78 is 5.50. The van der Waals surface area contributed by atoms with Crippen molar-refractivity contribution in [3.8, 4) is 11.1 Å². The molecule has 3 nitrogen and oxygen atoms in total. The molecule has 2 aromatic carbocycles. The molecule has 2 aliphatic rings. The van der Waals surface area contributed by atoms with Gasteiger partial charge in [-0.2, -0.15) is 0 Å². The van der Waals surface area contributed by atoms with Gasteiger partial charge in [-0.25, -0.2) is 0 Å². The summed E-state index contributed by atoms with van der Waals surface area (Å²) in [5.74, 6) is -0.145. The molecule has 0 radical (unpaired) electrons. The second-order valence-electron chi connectivity index (χ2n) is 5.98. The summed E-state index contributed by atoms with van der Waals surface area (Å²) >= 11 is 0. The molecular weight excluding hydrogens is 262 g/mol. The van der Waals surface area contributed by atoms with E-state index in [-0.39, 0.29) is 11.9 Å². The van der Waals surface area contributed by atoms with Gasteiger partial charge in [-0.1, -0.05) is 48.5 Å². The average Bonchev–Trinajstić information content (AvgIpc) is 3.19. The summed E-state index contributed by atoms with van der Waals surface area (Å²) in [6, 6.07) is 16.6. The van der Waals surface area contributed by atoms with E-state index >= 15 is 0 Å². The van der Waals surface area contributed by atoms with Crippen LogP contribution in [0, 0.1) is 0 Å². The van der Waals surface area contributed by atoms with E-state index < -0.39 is 5.54 Å². The second kappa shape index (κ2) is 4.43. The lowest BCUT2D eigenvalue weighted by molar-refractivity contribution is -0.146. The summed E-state index contributed by atoms with van der Waals surface area (Å²) in [6.45, 7) is 0.367. The van der Waals surface area contributed by atoms with Crippen LogP contribution in [-0.2, 0) is 9.53 Å². The third-order valence-corrected chi connectivity index (χ3v) is 4.54. The number of carbonyl (C=O) groups excluding carboxylic acids is 1. The molecule has 0 aliphatic heterocycles. The highest BCUT2D eigenvalue weighted by molar-refractivity contribution is 5.84. The van der Waals surface area contributed by atoms with E-state index in [1.807, 2.05) is 24.3 Å². The smallest absolute Gasteiger partial charge is 0.326 e. The number of rotatable bonds is 3. The van der Waals surface area contributed by atoms with Crippen LogP contribution in [-0.4, -0.2) is 18.1 Å². The lowest BCUT2D eigenvalue weighted by Gasteiger charge is -2.16. The monoisotopic (exact) mass is 279 g/mol. The number of carbonyl (C=O) groups is 1. The van der Waals surface area contributed by atoms with Crippen molar-refractivity contribution in [2.75, 3.05) is 6.61 Å². The largest absolute Gasteiger partial charge is 0.463 e. The Morgan fingerprint density at radius 3 is 2.10 bits per heavy atom. The summed E-state index contributed by atoms with van der Waals surface area (Å²) in [4.78, 5) is 12.0. The molecule has 2 aliphatic carbocycles. The fourth-order valence-corrected chi connectivity index (χ4v) is 3.08. The van der Waals surface area contributed by atoms with Gasteiger partial charge in [0.15, 0.2) is 0 Å². The van der Waals surface area contributed by atoms with Crippen molar-refractivity contribution in [1.82, 2.24) is 0 Å². The molecule has 1 saturated carbocycles. The lowest BCUT2D eigenvalue weighted by Crippen LogP contribution is -2.35. The molecule has 0 atom stereocenters. The van der Waals surface area contributed by atoms with Crippen molar-refractivity contribution < 1.29 is 9.53 Å². The molecule has 1 fully saturated rings. The normalized spacial score (nSPS) is 18.0. The third kappa shape index (κ3) is 1.96. The fraction of sp³-hybridized carbons (Fsp3) is 0.278. The van der Waals surface area contributed by atoms with E-state index in [9.17, 15) is 4.79 Å². The van der Waals surface area contributed by atoms with Gasteiger partial charge in [-0.3, -0.25) is 4.79 Å². The minimum absolute atomic E-state index is 0.115. The van der Waals surface area contributed by atoms with Crippen molar-refractivity contribution in [3.63, 3.8) is 0 Å². The molecule has 0 heterocycles. The molecule has 2 aromatic rings. The van der Waals surface area contributed by atoms with Crippen LogP contribution in [0.1, 0.15) is 29.9 Å². The summed E-state index contributed by atoms with van der Waals surface area (Å²) in [7, 11) is 0. The molecule has 0 amide bonds. The Morgan fingerprint density at radius 1 is 1.05 bits per heavy atom. The molecule has 21 heavy (non-hydrogen) atoms. The molecule has 0 spiro atoms. The van der Waals surface area contributed by atoms with E-state index in [4.69, 9.17) is 10.5 Å². The van der Waals surface area contributed by atoms with Gasteiger partial charge < -0.3 is 10.5 Å². The lowest BCUT2D eigenvalue weighted by atomic mass is 9.98. The van der Waals surface area contributed by atoms with Gasteiger partial charge in [0.05, 0.1) is 0 Å². The standard InChI is InChI=1S/C18H17NO2/c19-18(9-10-18)17(20)21-11-16-14-7-3-1-5-12(14)13-6-2-4-8-15(13)16/h1-8,16H,9-11,19H2. The molecule has 0 saturated heterocycles. The Labute approximate surface area is 123 Å². The summed E-state index contributed by atoms with van der Waals surface area (Å²) in [5.41, 5.74) is 10.1. The number of esters is 1. The van der Waals surface area contributed by atoms with E-state index in [0.717, 1.165) is 12.8 Å². The molecular formula is C18H17NO2. The van der Waals surface area contributed by atoms with E-state index in [0.29, 0.717) is 6.61 Å². The Bertz CT molecular complexity index is 673. The van der Waals surface area contributed by atoms with Gasteiger partial charge in [-0.15, -0.1) is 0 Å². The number of hydrogen-bond donors (Lipinski definition) is 1. The van der Waals surface area contributed by atoms with Gasteiger partial charge in [0, 0.05) is 5.92 Å². The van der Waals surface area contributed by atoms with Crippen LogP contribution in [0.25, 0.3) is 11.1 Å². The van der Waals surface area contributed by atoms with Gasteiger partial charge in [0.2, 0.25) is 0 Å². The highest BCUT2D eigenvalue weighted by Gasteiger charge is 2.48. The molecule has 4 rings (SSSR count). The minimum Gasteiger partial charge on any atom is -0.463 e. The molecule has 0 unspecified atom stereocenters. The quantitative estimate of drug-likeness (QED) is 0.879. The minimum atomic E-state index is -0.711. The third-order valence-electron chi connectivity index (χ3n) is 4.54. The van der Waals surface area contributed by atoms with Crippen molar-refractivity contribution in [1.29, 1.82) is 0 Å². The zero-order valence-corrected chi connectivity index (χ0v) is 11.7. The van der Waals surface area contributed by atoms with Crippen LogP contribution >= 0.6 is 0 Å². The Morgan fingerprint density at radius 2 is 1.57 bits per heavy atom. The molecule has 3 heteroatoms. The maximum Gasteiger partial charge on any atom is 0.326 e. The first-order valence-corrected chi connectivity index (χ1v) is 7.33. The van der Waals surface area contributed by atoms with Crippen molar-refractivity contribution in [2.24, 2.45) is 5.73 Å². The fourth-order valence-electron chi connectivity index (χ4n) is 3.08. The van der Waals surface area contributed by atoms with Gasteiger partial charge >= 0.3 is 5.97 Å². The predicted octanol–water partition coefficient (Wildman–Crippen LogP) is 2.83. The zero-order chi connectivity index (χ0) is 14.4. The zero-order valence-electron chi connectivity index (χ0n) is 11.7. The predicted molar refractivity (Wildman–Crippen MR) is 80.8 cm³/mol. The van der Waals surface area contributed by atoms with E-state index in [1.54, 1.807) is 0 Å². The van der Waals surface area contributed by atoms with Crippen LogP contribution in [0.15, 0.2) is 48.5 Å². The number of ether oxygens (including phenoxy) is 1. The Kier molecular flexibility index (Phi) is 2.66. The van der Waals surface area contributed by atoms with Gasteiger partial charge in [0.1, 0.15) is 12.1 Å². The highest BCUT2D eigenvalue weighted by atomic mass is 16.5. The SMILES string of the molecule is NC1(C(=O)OCC2c3ccccc3-c3ccccc32)CC1. The Hall–Kier alpha value is -2.13. The first-order chi connectivity index (χ1) is 10.2. The molecule has 0 bridgehead atoms. The number of hydrogen-bond acceptors (Lipinski definition) is 3. The van der Waals surface area contributed by atoms with Crippen molar-refractivity contribution >= 4 is 5.97 Å². The number of benzene rings is 2. The van der Waals surface area contributed by atoms with E-state index in [2.05, 4.69) is 24.3 Å². The van der Waals surface area contributed by atoms with Crippen LogP contribution < -0.4 is 5.73 Å². The highest BCUT2D eigenvalue weighted by Crippen LogP contribution is 2.44. The van der Waals surface area contributed by atoms with Crippen LogP contribution in [0.5, 0.6) is 0 Å². The van der Waals surface area contributed by atoms with Crippen LogP contribution in [0.4, 0.5) is 0 Å². The second-order valence-corrected chi connectivity index (χ2v) is 5.98. The summed E-state index contributed by atoms with van der Waals surface area (Å²) in [6.07, 6.45) is 1.48. The average molecular weight is 279 g/mol. The van der Waals surface area contributed by atoms with Gasteiger partial charge in [-0.05, 0) is 35.1 Å². The first kappa shape index (κ1) is 12.6.